The summed E-state index contributed by atoms with van der Waals surface area (Å²) in [5.41, 5.74) is 15.9. The van der Waals surface area contributed by atoms with Crippen LogP contribution in [0.1, 0.15) is 124 Å². The Labute approximate surface area is 358 Å². The number of hydrogen-bond acceptors (Lipinski definition) is 0. The Morgan fingerprint density at radius 1 is 0.814 bits per heavy atom. The Bertz CT molecular complexity index is 2310. The van der Waals surface area contributed by atoms with Gasteiger partial charge in [-0.2, -0.15) is 0 Å². The average Bonchev–Trinajstić information content (AvgIpc) is 3.48. The van der Waals surface area contributed by atoms with Crippen LogP contribution in [0.15, 0.2) is 186 Å². The van der Waals surface area contributed by atoms with Gasteiger partial charge in [0.15, 0.2) is 0 Å². The van der Waals surface area contributed by atoms with Crippen LogP contribution in [0.2, 0.25) is 0 Å². The zero-order valence-corrected chi connectivity index (χ0v) is 37.7. The normalized spacial score (nSPS) is 23.2. The molecule has 0 heteroatoms. The van der Waals surface area contributed by atoms with Gasteiger partial charge >= 0.3 is 0 Å². The predicted molar refractivity (Wildman–Crippen MR) is 260 cm³/mol. The van der Waals surface area contributed by atoms with Gasteiger partial charge in [-0.15, -0.1) is 0 Å². The van der Waals surface area contributed by atoms with E-state index in [0.717, 1.165) is 18.4 Å². The van der Waals surface area contributed by atoms with Crippen molar-refractivity contribution in [2.24, 2.45) is 22.7 Å². The highest BCUT2D eigenvalue weighted by molar-refractivity contribution is 5.87. The number of benzene rings is 4. The molecule has 59 heavy (non-hydrogen) atoms. The average molecular weight is 779 g/mol. The second kappa shape index (κ2) is 19.4. The summed E-state index contributed by atoms with van der Waals surface area (Å²) in [4.78, 5) is 0. The maximum atomic E-state index is 4.19. The summed E-state index contributed by atoms with van der Waals surface area (Å²) in [6.45, 7) is 24.7. The summed E-state index contributed by atoms with van der Waals surface area (Å²) in [6, 6.07) is 35.0. The summed E-state index contributed by atoms with van der Waals surface area (Å²) in [6.07, 6.45) is 27.7. The lowest BCUT2D eigenvalue weighted by Crippen LogP contribution is -2.22. The highest BCUT2D eigenvalue weighted by Gasteiger charge is 2.45. The van der Waals surface area contributed by atoms with Crippen LogP contribution < -0.4 is 0 Å². The molecule has 0 spiro atoms. The molecule has 4 aromatic rings. The molecule has 4 aliphatic carbocycles. The molecule has 0 nitrogen and oxygen atoms in total. The van der Waals surface area contributed by atoms with Crippen LogP contribution in [0.3, 0.4) is 0 Å². The van der Waals surface area contributed by atoms with E-state index >= 15 is 0 Å². The number of fused-ring (bicyclic) bond motifs is 4. The first-order valence-corrected chi connectivity index (χ1v) is 22.5. The first-order chi connectivity index (χ1) is 28.4. The monoisotopic (exact) mass is 779 g/mol. The minimum Gasteiger partial charge on any atom is -0.0912 e. The second-order valence-electron chi connectivity index (χ2n) is 18.4. The van der Waals surface area contributed by atoms with Crippen LogP contribution >= 0.6 is 0 Å². The van der Waals surface area contributed by atoms with Gasteiger partial charge in [0.05, 0.1) is 0 Å². The van der Waals surface area contributed by atoms with Gasteiger partial charge in [-0.25, -0.2) is 0 Å². The summed E-state index contributed by atoms with van der Waals surface area (Å²) in [5.74, 6) is 1.75. The minimum atomic E-state index is 0.135. The van der Waals surface area contributed by atoms with Crippen molar-refractivity contribution in [3.63, 3.8) is 0 Å². The van der Waals surface area contributed by atoms with E-state index in [9.17, 15) is 0 Å². The van der Waals surface area contributed by atoms with Gasteiger partial charge in [0.2, 0.25) is 0 Å². The highest BCUT2D eigenvalue weighted by Crippen LogP contribution is 2.58. The fourth-order valence-corrected chi connectivity index (χ4v) is 9.45. The molecule has 1 saturated carbocycles. The maximum Gasteiger partial charge on any atom is 0.0114 e. The van der Waals surface area contributed by atoms with E-state index in [1.54, 1.807) is 16.7 Å². The molecule has 4 atom stereocenters. The van der Waals surface area contributed by atoms with E-state index < -0.39 is 0 Å². The van der Waals surface area contributed by atoms with Crippen molar-refractivity contribution < 1.29 is 0 Å². The molecule has 0 heterocycles. The van der Waals surface area contributed by atoms with Gasteiger partial charge in [0, 0.05) is 17.3 Å². The third-order valence-corrected chi connectivity index (χ3v) is 13.7. The van der Waals surface area contributed by atoms with Crippen LogP contribution in [-0.4, -0.2) is 0 Å². The number of allylic oxidation sites excluding steroid dienone is 15. The van der Waals surface area contributed by atoms with Gasteiger partial charge in [-0.1, -0.05) is 211 Å². The molecule has 0 aromatic heterocycles. The molecule has 306 valence electrons. The van der Waals surface area contributed by atoms with Crippen molar-refractivity contribution in [1.29, 1.82) is 0 Å². The van der Waals surface area contributed by atoms with Crippen molar-refractivity contribution in [1.82, 2.24) is 0 Å². The Morgan fingerprint density at radius 3 is 2.19 bits per heavy atom. The largest absolute Gasteiger partial charge is 0.0912 e. The molecule has 8 rings (SSSR count). The fraction of sp³-hybridized carbons (Fsp3) is 0.356. The minimum absolute atomic E-state index is 0.135. The molecule has 0 aliphatic heterocycles. The molecule has 0 amide bonds. The Kier molecular flexibility index (Phi) is 14.4. The standard InChI is InChI=1S/C32H30.C20H26.C7H14/c1-21-8-16-28-29-17-15-27(20-31(29)32(2,3)30(28)18-21)24-11-9-23(10-12-24)26-14-13-22-6-4-5-7-25(22)19-26;1-5-20(4)14-13-16(2)15-19(20)12-11-17(3)18-9-7-6-8-10-18;1-4-6-7(3)5-2/h4-14,17-20,27-28H,15-16H2,1-3H3;6-12,15-16H,3,5,13-14H2,1-2,4H3;5H,4,6H2,1-3H3/b;12-11-;7-5+. The lowest BCUT2D eigenvalue weighted by Gasteiger charge is -2.35. The van der Waals surface area contributed by atoms with Crippen molar-refractivity contribution in [3.05, 3.63) is 197 Å². The number of hydrogen-bond donors (Lipinski definition) is 0. The first kappa shape index (κ1) is 43.6. The van der Waals surface area contributed by atoms with Gasteiger partial charge in [0.25, 0.3) is 0 Å². The summed E-state index contributed by atoms with van der Waals surface area (Å²) < 4.78 is 0. The highest BCUT2D eigenvalue weighted by atomic mass is 14.5. The third kappa shape index (κ3) is 10.3. The maximum absolute atomic E-state index is 4.19. The quantitative estimate of drug-likeness (QED) is 0.123. The second-order valence-corrected chi connectivity index (χ2v) is 18.4. The smallest absolute Gasteiger partial charge is 0.0114 e. The zero-order chi connectivity index (χ0) is 42.2. The molecule has 0 bridgehead atoms. The lowest BCUT2D eigenvalue weighted by atomic mass is 9.69. The van der Waals surface area contributed by atoms with Crippen LogP contribution in [0.4, 0.5) is 0 Å². The molecule has 4 unspecified atom stereocenters. The van der Waals surface area contributed by atoms with Gasteiger partial charge < -0.3 is 0 Å². The molecular weight excluding hydrogens is 709 g/mol. The molecule has 0 N–H and O–H groups in total. The van der Waals surface area contributed by atoms with E-state index in [2.05, 4.69) is 208 Å². The number of rotatable bonds is 8. The van der Waals surface area contributed by atoms with Crippen molar-refractivity contribution in [2.75, 3.05) is 0 Å². The Balaban J connectivity index is 0.000000185. The van der Waals surface area contributed by atoms with Crippen molar-refractivity contribution >= 4 is 16.3 Å². The van der Waals surface area contributed by atoms with Crippen molar-refractivity contribution in [3.8, 4) is 11.1 Å². The molecule has 4 aromatic carbocycles. The van der Waals surface area contributed by atoms with E-state index in [1.807, 2.05) is 6.07 Å². The van der Waals surface area contributed by atoms with Crippen LogP contribution in [0, 0.1) is 22.7 Å². The van der Waals surface area contributed by atoms with Crippen LogP contribution in [0.25, 0.3) is 27.5 Å². The van der Waals surface area contributed by atoms with E-state index in [0.29, 0.717) is 23.2 Å². The van der Waals surface area contributed by atoms with Gasteiger partial charge in [0.1, 0.15) is 0 Å². The molecule has 1 fully saturated rings. The summed E-state index contributed by atoms with van der Waals surface area (Å²) >= 11 is 0. The van der Waals surface area contributed by atoms with E-state index in [-0.39, 0.29) is 5.41 Å². The zero-order valence-electron chi connectivity index (χ0n) is 37.7. The first-order valence-electron chi connectivity index (χ1n) is 22.5. The fourth-order valence-electron chi connectivity index (χ4n) is 9.45. The molecule has 0 saturated heterocycles. The Morgan fingerprint density at radius 2 is 1.51 bits per heavy atom. The predicted octanol–water partition coefficient (Wildman–Crippen LogP) is 17.6. The summed E-state index contributed by atoms with van der Waals surface area (Å²) in [5, 5.41) is 2.59. The molecule has 4 aliphatic rings. The third-order valence-electron chi connectivity index (χ3n) is 13.7. The van der Waals surface area contributed by atoms with Crippen molar-refractivity contribution in [2.45, 2.75) is 113 Å². The molecule has 0 radical (unpaired) electrons. The topological polar surface area (TPSA) is 0 Å². The SMILES string of the molecule is C/C=C(\C)CCC.C=C(/C=C\C1=CC(C)CCC1(C)CC)c1ccccc1.CC1=CCC2C3=CCC(c4ccc(-c5ccc6ccccc6c5)cc4)C=C3C(C)(C)C2=C1. The van der Waals surface area contributed by atoms with E-state index in [1.165, 1.54) is 81.8 Å². The van der Waals surface area contributed by atoms with E-state index in [4.69, 9.17) is 0 Å². The Hall–Kier alpha value is -4.94. The van der Waals surface area contributed by atoms with Crippen LogP contribution in [-0.2, 0) is 0 Å². The van der Waals surface area contributed by atoms with Crippen LogP contribution in [0.5, 0.6) is 0 Å². The summed E-state index contributed by atoms with van der Waals surface area (Å²) in [7, 11) is 0. The van der Waals surface area contributed by atoms with Gasteiger partial charge in [-0.3, -0.25) is 0 Å². The van der Waals surface area contributed by atoms with Gasteiger partial charge in [-0.05, 0) is 132 Å². The molecular formula is C59H70. The lowest BCUT2D eigenvalue weighted by molar-refractivity contribution is 0.309.